The third-order valence-electron chi connectivity index (χ3n) is 5.39. The van der Waals surface area contributed by atoms with E-state index in [1.807, 2.05) is 41.3 Å². The van der Waals surface area contributed by atoms with Crippen molar-refractivity contribution in [2.75, 3.05) is 43.5 Å². The molecule has 2 aromatic carbocycles. The lowest BCUT2D eigenvalue weighted by Gasteiger charge is -2.35. The number of ether oxygens (including phenoxy) is 1. The number of nitrogens with one attached hydrogen (secondary N) is 1. The molecule has 1 aromatic heterocycles. The van der Waals surface area contributed by atoms with Crippen LogP contribution in [0.1, 0.15) is 5.56 Å². The smallest absolute Gasteiger partial charge is 0.416 e. The summed E-state index contributed by atoms with van der Waals surface area (Å²) in [4.78, 5) is 16.1. The number of urea groups is 1. The molecule has 172 valence electrons. The Morgan fingerprint density at radius 1 is 0.909 bits per heavy atom. The maximum atomic E-state index is 12.7. The molecule has 1 N–H and O–H groups in total. The van der Waals surface area contributed by atoms with Crippen molar-refractivity contribution in [1.82, 2.24) is 15.1 Å². The molecule has 2 amide bonds. The van der Waals surface area contributed by atoms with Gasteiger partial charge in [0, 0.05) is 37.4 Å². The Kier molecular flexibility index (Phi) is 6.34. The lowest BCUT2D eigenvalue weighted by Crippen LogP contribution is -2.50. The summed E-state index contributed by atoms with van der Waals surface area (Å²) < 4.78 is 43.2. The second kappa shape index (κ2) is 9.35. The number of aromatic nitrogens is 2. The van der Waals surface area contributed by atoms with Crippen LogP contribution >= 0.6 is 0 Å². The molecule has 0 atom stereocenters. The summed E-state index contributed by atoms with van der Waals surface area (Å²) in [6.07, 6.45) is -4.41. The SMILES string of the molecule is COc1ccc(-c2ccc(N3CCN(C(=O)Nc4ccc(C(F)(F)F)cc4)CC3)nn2)cc1. The van der Waals surface area contributed by atoms with Gasteiger partial charge in [0.15, 0.2) is 5.82 Å². The number of carbonyl (C=O) groups is 1. The molecule has 3 aromatic rings. The molecule has 0 unspecified atom stereocenters. The van der Waals surface area contributed by atoms with Gasteiger partial charge in [0.05, 0.1) is 18.4 Å². The molecule has 1 fully saturated rings. The van der Waals surface area contributed by atoms with Crippen LogP contribution in [-0.2, 0) is 6.18 Å². The van der Waals surface area contributed by atoms with E-state index in [1.165, 1.54) is 12.1 Å². The standard InChI is InChI=1S/C23H22F3N5O2/c1-33-19-8-2-16(3-9-19)20-10-11-21(29-28-20)30-12-14-31(15-13-30)22(32)27-18-6-4-17(5-7-18)23(24,25)26/h2-11H,12-15H2,1H3,(H,27,32). The monoisotopic (exact) mass is 457 g/mol. The van der Waals surface area contributed by atoms with E-state index in [2.05, 4.69) is 15.5 Å². The Morgan fingerprint density at radius 2 is 1.58 bits per heavy atom. The Balaban J connectivity index is 1.31. The predicted octanol–water partition coefficient (Wildman–Crippen LogP) is 4.53. The molecule has 4 rings (SSSR count). The number of rotatable bonds is 4. The van der Waals surface area contributed by atoms with E-state index in [-0.39, 0.29) is 6.03 Å². The van der Waals surface area contributed by atoms with Crippen LogP contribution in [0, 0.1) is 0 Å². The molecule has 0 aliphatic carbocycles. The van der Waals surface area contributed by atoms with Gasteiger partial charge in [-0.05, 0) is 60.7 Å². The van der Waals surface area contributed by atoms with Crippen LogP contribution < -0.4 is 15.0 Å². The van der Waals surface area contributed by atoms with Crippen molar-refractivity contribution in [3.05, 3.63) is 66.2 Å². The summed E-state index contributed by atoms with van der Waals surface area (Å²) in [7, 11) is 1.61. The van der Waals surface area contributed by atoms with Gasteiger partial charge in [-0.1, -0.05) is 0 Å². The number of piperazine rings is 1. The van der Waals surface area contributed by atoms with Crippen LogP contribution in [0.5, 0.6) is 5.75 Å². The fourth-order valence-electron chi connectivity index (χ4n) is 3.49. The molecule has 33 heavy (non-hydrogen) atoms. The Morgan fingerprint density at radius 3 is 2.12 bits per heavy atom. The number of nitrogens with zero attached hydrogens (tertiary/aromatic N) is 4. The van der Waals surface area contributed by atoms with Gasteiger partial charge in [0.25, 0.3) is 0 Å². The molecule has 0 spiro atoms. The summed E-state index contributed by atoms with van der Waals surface area (Å²) in [5.74, 6) is 1.48. The molecule has 0 radical (unpaired) electrons. The maximum Gasteiger partial charge on any atom is 0.416 e. The number of alkyl halides is 3. The highest BCUT2D eigenvalue weighted by molar-refractivity contribution is 5.89. The summed E-state index contributed by atoms with van der Waals surface area (Å²) >= 11 is 0. The highest BCUT2D eigenvalue weighted by atomic mass is 19.4. The fraction of sp³-hybridized carbons (Fsp3) is 0.261. The normalized spacial score (nSPS) is 14.2. The molecule has 10 heteroatoms. The average Bonchev–Trinajstić information content (AvgIpc) is 2.84. The van der Waals surface area contributed by atoms with Gasteiger partial charge in [0.2, 0.25) is 0 Å². The number of anilines is 2. The zero-order valence-corrected chi connectivity index (χ0v) is 17.8. The third kappa shape index (κ3) is 5.33. The molecule has 7 nitrogen and oxygen atoms in total. The first-order chi connectivity index (χ1) is 15.8. The molecule has 0 bridgehead atoms. The van der Waals surface area contributed by atoms with Crippen LogP contribution in [0.25, 0.3) is 11.3 Å². The van der Waals surface area contributed by atoms with Crippen molar-refractivity contribution in [3.63, 3.8) is 0 Å². The molecule has 1 aliphatic heterocycles. The van der Waals surface area contributed by atoms with Gasteiger partial charge in [-0.2, -0.15) is 13.2 Å². The number of hydrogen-bond acceptors (Lipinski definition) is 5. The van der Waals surface area contributed by atoms with Gasteiger partial charge in [-0.15, -0.1) is 10.2 Å². The van der Waals surface area contributed by atoms with E-state index in [0.717, 1.165) is 35.0 Å². The quantitative estimate of drug-likeness (QED) is 0.624. The minimum absolute atomic E-state index is 0.315. The molecular weight excluding hydrogens is 435 g/mol. The van der Waals surface area contributed by atoms with Gasteiger partial charge in [0.1, 0.15) is 5.75 Å². The lowest BCUT2D eigenvalue weighted by molar-refractivity contribution is -0.137. The van der Waals surface area contributed by atoms with Crippen LogP contribution in [0.2, 0.25) is 0 Å². The largest absolute Gasteiger partial charge is 0.497 e. The highest BCUT2D eigenvalue weighted by Gasteiger charge is 2.30. The van der Waals surface area contributed by atoms with Crippen LogP contribution in [-0.4, -0.2) is 54.4 Å². The Hall–Kier alpha value is -3.82. The minimum Gasteiger partial charge on any atom is -0.497 e. The minimum atomic E-state index is -4.41. The van der Waals surface area contributed by atoms with E-state index >= 15 is 0 Å². The van der Waals surface area contributed by atoms with E-state index in [4.69, 9.17) is 4.74 Å². The zero-order valence-electron chi connectivity index (χ0n) is 17.8. The van der Waals surface area contributed by atoms with Crippen LogP contribution in [0.15, 0.2) is 60.7 Å². The van der Waals surface area contributed by atoms with E-state index < -0.39 is 11.7 Å². The average molecular weight is 457 g/mol. The van der Waals surface area contributed by atoms with Crippen molar-refractivity contribution < 1.29 is 22.7 Å². The fourth-order valence-corrected chi connectivity index (χ4v) is 3.49. The highest BCUT2D eigenvalue weighted by Crippen LogP contribution is 2.30. The first kappa shape index (κ1) is 22.4. The van der Waals surface area contributed by atoms with E-state index in [0.29, 0.717) is 31.9 Å². The van der Waals surface area contributed by atoms with Gasteiger partial charge in [-0.25, -0.2) is 4.79 Å². The molecule has 2 heterocycles. The maximum absolute atomic E-state index is 12.7. The number of hydrogen-bond donors (Lipinski definition) is 1. The van der Waals surface area contributed by atoms with Gasteiger partial charge in [-0.3, -0.25) is 0 Å². The molecule has 0 saturated carbocycles. The van der Waals surface area contributed by atoms with Crippen LogP contribution in [0.4, 0.5) is 29.5 Å². The van der Waals surface area contributed by atoms with Crippen molar-refractivity contribution in [2.45, 2.75) is 6.18 Å². The van der Waals surface area contributed by atoms with Crippen molar-refractivity contribution in [3.8, 4) is 17.0 Å². The third-order valence-corrected chi connectivity index (χ3v) is 5.39. The molecule has 1 aliphatic rings. The zero-order chi connectivity index (χ0) is 23.4. The molecule has 1 saturated heterocycles. The lowest BCUT2D eigenvalue weighted by atomic mass is 10.1. The first-order valence-corrected chi connectivity index (χ1v) is 10.3. The Labute approximate surface area is 188 Å². The van der Waals surface area contributed by atoms with E-state index in [1.54, 1.807) is 12.0 Å². The number of amides is 2. The predicted molar refractivity (Wildman–Crippen MR) is 118 cm³/mol. The van der Waals surface area contributed by atoms with Crippen molar-refractivity contribution >= 4 is 17.5 Å². The number of halogens is 3. The second-order valence-corrected chi connectivity index (χ2v) is 7.48. The van der Waals surface area contributed by atoms with Crippen LogP contribution in [0.3, 0.4) is 0 Å². The summed E-state index contributed by atoms with van der Waals surface area (Å²) in [6.45, 7) is 2.04. The first-order valence-electron chi connectivity index (χ1n) is 10.3. The Bertz CT molecular complexity index is 1080. The second-order valence-electron chi connectivity index (χ2n) is 7.48. The van der Waals surface area contributed by atoms with Gasteiger partial charge < -0.3 is 19.9 Å². The van der Waals surface area contributed by atoms with E-state index in [9.17, 15) is 18.0 Å². The summed E-state index contributed by atoms with van der Waals surface area (Å²) in [5, 5.41) is 11.3. The van der Waals surface area contributed by atoms with Crippen molar-refractivity contribution in [1.29, 1.82) is 0 Å². The number of methoxy groups -OCH3 is 1. The van der Waals surface area contributed by atoms with Gasteiger partial charge >= 0.3 is 12.2 Å². The molecular formula is C23H22F3N5O2. The number of benzene rings is 2. The topological polar surface area (TPSA) is 70.6 Å². The number of carbonyl (C=O) groups excluding carboxylic acids is 1. The summed E-state index contributed by atoms with van der Waals surface area (Å²) in [6, 6.07) is 15.4. The van der Waals surface area contributed by atoms with Crippen molar-refractivity contribution in [2.24, 2.45) is 0 Å². The summed E-state index contributed by atoms with van der Waals surface area (Å²) in [5.41, 5.74) is 1.24.